The summed E-state index contributed by atoms with van der Waals surface area (Å²) in [5, 5.41) is 6.07. The van der Waals surface area contributed by atoms with E-state index < -0.39 is 0 Å². The van der Waals surface area contributed by atoms with Crippen molar-refractivity contribution in [2.24, 2.45) is 0 Å². The van der Waals surface area contributed by atoms with E-state index >= 15 is 0 Å². The molecule has 4 heteroatoms. The Morgan fingerprint density at radius 2 is 1.25 bits per heavy atom. The average molecular weight is 400 g/mol. The minimum atomic E-state index is 0.488. The minimum absolute atomic E-state index is 0.488. The Balaban J connectivity index is 1.73. The number of para-hydroxylation sites is 4. The molecule has 138 valence electrons. The van der Waals surface area contributed by atoms with Crippen LogP contribution in [0.2, 0.25) is 0 Å². The zero-order valence-electron chi connectivity index (χ0n) is 15.4. The molecule has 2 atom stereocenters. The lowest BCUT2D eigenvalue weighted by atomic mass is 10.2. The van der Waals surface area contributed by atoms with Crippen molar-refractivity contribution in [2.75, 3.05) is 9.99 Å². The van der Waals surface area contributed by atoms with Gasteiger partial charge in [-0.15, -0.1) is 9.24 Å². The molecule has 4 aromatic rings. The van der Waals surface area contributed by atoms with Gasteiger partial charge in [0, 0.05) is 20.1 Å². The van der Waals surface area contributed by atoms with Gasteiger partial charge >= 0.3 is 0 Å². The van der Waals surface area contributed by atoms with Crippen LogP contribution < -0.4 is 20.6 Å². The molecule has 0 heterocycles. The first-order valence-corrected chi connectivity index (χ1v) is 10.7. The summed E-state index contributed by atoms with van der Waals surface area (Å²) in [7, 11) is 3.24. The lowest BCUT2D eigenvalue weighted by Crippen LogP contribution is -2.13. The van der Waals surface area contributed by atoms with Gasteiger partial charge in [-0.05, 0) is 47.0 Å². The van der Waals surface area contributed by atoms with Gasteiger partial charge in [0.05, 0.1) is 11.4 Å². The standard InChI is InChI=1S/C24H22N2P2/c27-21-15-17-22(18-16-21)28-26(20-11-5-2-6-12-20)24-14-8-7-13-23(24)25-19-9-3-1-4-10-19/h1-18,25,28H,27H2. The van der Waals surface area contributed by atoms with Gasteiger partial charge in [-0.2, -0.15) is 0 Å². The summed E-state index contributed by atoms with van der Waals surface area (Å²) in [6.07, 6.45) is 0. The van der Waals surface area contributed by atoms with Crippen molar-refractivity contribution >= 4 is 51.3 Å². The Morgan fingerprint density at radius 1 is 0.643 bits per heavy atom. The molecule has 0 aromatic heterocycles. The minimum Gasteiger partial charge on any atom is -0.354 e. The zero-order valence-corrected chi connectivity index (χ0v) is 17.6. The van der Waals surface area contributed by atoms with Crippen molar-refractivity contribution in [3.8, 4) is 0 Å². The molecule has 0 saturated heterocycles. The van der Waals surface area contributed by atoms with Crippen molar-refractivity contribution in [3.63, 3.8) is 0 Å². The fraction of sp³-hybridized carbons (Fsp3) is 0. The van der Waals surface area contributed by atoms with Crippen LogP contribution in [0.1, 0.15) is 0 Å². The van der Waals surface area contributed by atoms with Crippen LogP contribution in [0.5, 0.6) is 0 Å². The second-order valence-electron chi connectivity index (χ2n) is 6.41. The molecule has 0 radical (unpaired) electrons. The van der Waals surface area contributed by atoms with Crippen LogP contribution in [0, 0.1) is 0 Å². The zero-order chi connectivity index (χ0) is 19.2. The molecule has 4 rings (SSSR count). The van der Waals surface area contributed by atoms with Crippen LogP contribution in [0.15, 0.2) is 109 Å². The number of hydrogen-bond acceptors (Lipinski definition) is 2. The normalized spacial score (nSPS) is 10.9. The molecule has 28 heavy (non-hydrogen) atoms. The van der Waals surface area contributed by atoms with E-state index in [9.17, 15) is 0 Å². The molecule has 1 N–H and O–H groups in total. The number of anilines is 4. The van der Waals surface area contributed by atoms with E-state index in [0.29, 0.717) is 8.73 Å². The van der Waals surface area contributed by atoms with Crippen LogP contribution in [0.3, 0.4) is 0 Å². The maximum atomic E-state index is 3.58. The average Bonchev–Trinajstić information content (AvgIpc) is 2.75. The molecule has 2 nitrogen and oxygen atoms in total. The van der Waals surface area contributed by atoms with Gasteiger partial charge in [-0.25, -0.2) is 0 Å². The molecule has 0 aliphatic heterocycles. The van der Waals surface area contributed by atoms with Gasteiger partial charge < -0.3 is 9.99 Å². The first kappa shape index (κ1) is 18.7. The van der Waals surface area contributed by atoms with Gasteiger partial charge in [0.1, 0.15) is 0 Å². The molecule has 0 saturated carbocycles. The maximum Gasteiger partial charge on any atom is 0.0684 e. The van der Waals surface area contributed by atoms with E-state index in [1.165, 1.54) is 16.3 Å². The lowest BCUT2D eigenvalue weighted by molar-refractivity contribution is 1.41. The Hall–Kier alpha value is -2.66. The first-order chi connectivity index (χ1) is 13.8. The quantitative estimate of drug-likeness (QED) is 0.400. The predicted octanol–water partition coefficient (Wildman–Crippen LogP) is 5.99. The Bertz CT molecular complexity index is 1020. The lowest BCUT2D eigenvalue weighted by Gasteiger charge is -2.27. The third-order valence-electron chi connectivity index (χ3n) is 4.36. The van der Waals surface area contributed by atoms with Gasteiger partial charge in [0.15, 0.2) is 0 Å². The summed E-state index contributed by atoms with van der Waals surface area (Å²) in [6.45, 7) is 0. The Labute approximate surface area is 170 Å². The summed E-state index contributed by atoms with van der Waals surface area (Å²) in [5.41, 5.74) is 4.51. The molecule has 4 aromatic carbocycles. The summed E-state index contributed by atoms with van der Waals surface area (Å²) in [6, 6.07) is 38.0. The molecule has 2 unspecified atom stereocenters. The van der Waals surface area contributed by atoms with E-state index in [2.05, 4.69) is 110 Å². The molecule has 0 bridgehead atoms. The van der Waals surface area contributed by atoms with Crippen LogP contribution in [0.4, 0.5) is 22.7 Å². The number of nitrogens with zero attached hydrogens (tertiary/aromatic N) is 1. The smallest absolute Gasteiger partial charge is 0.0684 e. The van der Waals surface area contributed by atoms with Crippen molar-refractivity contribution in [2.45, 2.75) is 0 Å². The molecule has 0 amide bonds. The summed E-state index contributed by atoms with van der Waals surface area (Å²) < 4.78 is 2.38. The molecular formula is C24H22N2P2. The maximum absolute atomic E-state index is 3.58. The van der Waals surface area contributed by atoms with Gasteiger partial charge in [0.2, 0.25) is 0 Å². The molecule has 0 spiro atoms. The summed E-state index contributed by atoms with van der Waals surface area (Å²) in [5.74, 6) is 0. The summed E-state index contributed by atoms with van der Waals surface area (Å²) >= 11 is 0. The fourth-order valence-corrected chi connectivity index (χ4v) is 4.34. The van der Waals surface area contributed by atoms with E-state index in [4.69, 9.17) is 0 Å². The van der Waals surface area contributed by atoms with E-state index in [0.717, 1.165) is 17.1 Å². The number of hydrogen-bond donors (Lipinski definition) is 1. The van der Waals surface area contributed by atoms with Crippen LogP contribution in [-0.2, 0) is 0 Å². The third-order valence-corrected chi connectivity index (χ3v) is 6.06. The third kappa shape index (κ3) is 4.60. The van der Waals surface area contributed by atoms with Gasteiger partial charge in [-0.1, -0.05) is 72.8 Å². The highest BCUT2D eigenvalue weighted by atomic mass is 31.1. The van der Waals surface area contributed by atoms with E-state index in [-0.39, 0.29) is 0 Å². The van der Waals surface area contributed by atoms with E-state index in [1.807, 2.05) is 18.2 Å². The SMILES string of the molecule is Pc1ccc(PN(c2ccccc2)c2ccccc2Nc2ccccc2)cc1. The van der Waals surface area contributed by atoms with Crippen molar-refractivity contribution in [1.82, 2.24) is 0 Å². The summed E-state index contributed by atoms with van der Waals surface area (Å²) in [4.78, 5) is 0. The fourth-order valence-electron chi connectivity index (χ4n) is 2.98. The van der Waals surface area contributed by atoms with Crippen LogP contribution in [-0.4, -0.2) is 0 Å². The molecule has 0 aliphatic rings. The monoisotopic (exact) mass is 400 g/mol. The van der Waals surface area contributed by atoms with Crippen molar-refractivity contribution in [1.29, 1.82) is 0 Å². The topological polar surface area (TPSA) is 15.3 Å². The number of benzene rings is 4. The van der Waals surface area contributed by atoms with Crippen molar-refractivity contribution in [3.05, 3.63) is 109 Å². The Kier molecular flexibility index (Phi) is 6.02. The molecule has 0 fully saturated rings. The van der Waals surface area contributed by atoms with Crippen LogP contribution in [0.25, 0.3) is 0 Å². The molecule has 0 aliphatic carbocycles. The largest absolute Gasteiger partial charge is 0.354 e. The number of rotatable bonds is 6. The second-order valence-corrected chi connectivity index (χ2v) is 8.33. The molecular weight excluding hydrogens is 378 g/mol. The van der Waals surface area contributed by atoms with Crippen LogP contribution >= 0.6 is 18.0 Å². The van der Waals surface area contributed by atoms with E-state index in [1.54, 1.807) is 0 Å². The predicted molar refractivity (Wildman–Crippen MR) is 128 cm³/mol. The highest BCUT2D eigenvalue weighted by molar-refractivity contribution is 7.49. The van der Waals surface area contributed by atoms with Gasteiger partial charge in [0.25, 0.3) is 0 Å². The first-order valence-electron chi connectivity index (χ1n) is 9.18. The van der Waals surface area contributed by atoms with Crippen molar-refractivity contribution < 1.29 is 0 Å². The van der Waals surface area contributed by atoms with Gasteiger partial charge in [-0.3, -0.25) is 0 Å². The number of nitrogens with one attached hydrogen (secondary N) is 1. The Morgan fingerprint density at radius 3 is 1.96 bits per heavy atom. The highest BCUT2D eigenvalue weighted by Gasteiger charge is 2.14. The highest BCUT2D eigenvalue weighted by Crippen LogP contribution is 2.40. The second kappa shape index (κ2) is 9.02.